The van der Waals surface area contributed by atoms with Crippen molar-refractivity contribution in [1.82, 2.24) is 4.98 Å². The van der Waals surface area contributed by atoms with Crippen LogP contribution in [-0.2, 0) is 16.0 Å². The van der Waals surface area contributed by atoms with E-state index in [4.69, 9.17) is 16.3 Å². The van der Waals surface area contributed by atoms with Crippen molar-refractivity contribution in [3.63, 3.8) is 0 Å². The van der Waals surface area contributed by atoms with Crippen molar-refractivity contribution in [3.8, 4) is 0 Å². The Morgan fingerprint density at radius 1 is 1.55 bits per heavy atom. The van der Waals surface area contributed by atoms with Gasteiger partial charge in [0, 0.05) is 5.38 Å². The van der Waals surface area contributed by atoms with Crippen molar-refractivity contribution in [2.24, 2.45) is 0 Å². The third-order valence-corrected chi connectivity index (χ3v) is 4.58. The number of anilines is 2. The molecular weight excluding hydrogens is 364 g/mol. The first-order chi connectivity index (χ1) is 9.60. The summed E-state index contributed by atoms with van der Waals surface area (Å²) in [6.07, 6.45) is 0.183. The molecular formula is C13H12BrClN2O2S. The van der Waals surface area contributed by atoms with Crippen LogP contribution in [0.2, 0.25) is 5.02 Å². The first kappa shape index (κ1) is 15.3. The van der Waals surface area contributed by atoms with Gasteiger partial charge in [-0.25, -0.2) is 4.98 Å². The highest BCUT2D eigenvalue weighted by atomic mass is 79.9. The smallest absolute Gasteiger partial charge is 0.311 e. The average molecular weight is 376 g/mol. The fourth-order valence-corrected chi connectivity index (χ4v) is 2.78. The molecule has 0 saturated heterocycles. The number of carbonyl (C=O) groups is 1. The Kier molecular flexibility index (Phi) is 5.39. The number of esters is 1. The number of ether oxygens (including phenoxy) is 1. The van der Waals surface area contributed by atoms with Gasteiger partial charge in [-0.1, -0.05) is 17.7 Å². The Bertz CT molecular complexity index is 618. The number of hydrogen-bond acceptors (Lipinski definition) is 5. The van der Waals surface area contributed by atoms with Crippen LogP contribution in [0, 0.1) is 0 Å². The van der Waals surface area contributed by atoms with Crippen LogP contribution in [0.25, 0.3) is 0 Å². The highest BCUT2D eigenvalue weighted by Gasteiger charge is 2.10. The van der Waals surface area contributed by atoms with E-state index in [0.717, 1.165) is 10.2 Å². The van der Waals surface area contributed by atoms with Gasteiger partial charge < -0.3 is 10.1 Å². The van der Waals surface area contributed by atoms with E-state index in [-0.39, 0.29) is 12.4 Å². The van der Waals surface area contributed by atoms with Crippen molar-refractivity contribution in [2.45, 2.75) is 13.3 Å². The molecule has 0 atom stereocenters. The Hall–Kier alpha value is -1.11. The van der Waals surface area contributed by atoms with E-state index in [9.17, 15) is 4.79 Å². The van der Waals surface area contributed by atoms with Gasteiger partial charge in [0.25, 0.3) is 0 Å². The SMILES string of the molecule is CCOC(=O)Cc1csc(Nc2cccc(Cl)c2Br)n1. The minimum Gasteiger partial charge on any atom is -0.466 e. The van der Waals surface area contributed by atoms with E-state index in [2.05, 4.69) is 26.2 Å². The number of nitrogens with one attached hydrogen (secondary N) is 1. The first-order valence-electron chi connectivity index (χ1n) is 5.91. The molecule has 2 rings (SSSR count). The zero-order valence-electron chi connectivity index (χ0n) is 10.7. The van der Waals surface area contributed by atoms with Crippen LogP contribution >= 0.6 is 38.9 Å². The summed E-state index contributed by atoms with van der Waals surface area (Å²) in [6, 6.07) is 5.54. The molecule has 0 aliphatic rings. The maximum atomic E-state index is 11.4. The predicted molar refractivity (Wildman–Crippen MR) is 84.9 cm³/mol. The van der Waals surface area contributed by atoms with Gasteiger partial charge in [-0.2, -0.15) is 0 Å². The molecule has 0 saturated carbocycles. The lowest BCUT2D eigenvalue weighted by Gasteiger charge is -2.06. The summed E-state index contributed by atoms with van der Waals surface area (Å²) in [5.74, 6) is -0.270. The zero-order valence-corrected chi connectivity index (χ0v) is 13.8. The molecule has 106 valence electrons. The average Bonchev–Trinajstić information content (AvgIpc) is 2.82. The van der Waals surface area contributed by atoms with E-state index in [1.54, 1.807) is 13.0 Å². The van der Waals surface area contributed by atoms with Gasteiger partial charge in [-0.05, 0) is 35.0 Å². The molecule has 0 aliphatic carbocycles. The van der Waals surface area contributed by atoms with Crippen LogP contribution in [0.15, 0.2) is 28.1 Å². The minimum absolute atomic E-state index is 0.183. The summed E-state index contributed by atoms with van der Waals surface area (Å²) in [4.78, 5) is 15.7. The minimum atomic E-state index is -0.270. The Balaban J connectivity index is 2.06. The molecule has 0 aliphatic heterocycles. The van der Waals surface area contributed by atoms with Gasteiger partial charge in [0.05, 0.1) is 33.9 Å². The summed E-state index contributed by atoms with van der Waals surface area (Å²) >= 11 is 10.9. The molecule has 20 heavy (non-hydrogen) atoms. The van der Waals surface area contributed by atoms with E-state index >= 15 is 0 Å². The number of rotatable bonds is 5. The van der Waals surface area contributed by atoms with E-state index in [1.807, 2.05) is 17.5 Å². The van der Waals surface area contributed by atoms with Crippen molar-refractivity contribution in [2.75, 3.05) is 11.9 Å². The molecule has 0 amide bonds. The van der Waals surface area contributed by atoms with Gasteiger partial charge in [-0.15, -0.1) is 11.3 Å². The molecule has 1 aromatic heterocycles. The fraction of sp³-hybridized carbons (Fsp3) is 0.231. The lowest BCUT2D eigenvalue weighted by Crippen LogP contribution is -2.07. The van der Waals surface area contributed by atoms with Gasteiger partial charge >= 0.3 is 5.97 Å². The first-order valence-corrected chi connectivity index (χ1v) is 7.96. The fourth-order valence-electron chi connectivity index (χ4n) is 1.52. The predicted octanol–water partition coefficient (Wildman–Crippen LogP) is 4.41. The van der Waals surface area contributed by atoms with Gasteiger partial charge in [-0.3, -0.25) is 4.79 Å². The van der Waals surface area contributed by atoms with Crippen LogP contribution < -0.4 is 5.32 Å². The van der Waals surface area contributed by atoms with Crippen LogP contribution in [0.5, 0.6) is 0 Å². The number of thiazole rings is 1. The Morgan fingerprint density at radius 3 is 3.10 bits per heavy atom. The second-order valence-electron chi connectivity index (χ2n) is 3.85. The molecule has 0 radical (unpaired) electrons. The summed E-state index contributed by atoms with van der Waals surface area (Å²) in [6.45, 7) is 2.16. The maximum absolute atomic E-state index is 11.4. The molecule has 1 aromatic carbocycles. The molecule has 4 nitrogen and oxygen atoms in total. The van der Waals surface area contributed by atoms with Gasteiger partial charge in [0.2, 0.25) is 0 Å². The normalized spacial score (nSPS) is 10.3. The lowest BCUT2D eigenvalue weighted by molar-refractivity contribution is -0.142. The summed E-state index contributed by atoms with van der Waals surface area (Å²) in [5.41, 5.74) is 1.52. The standard InChI is InChI=1S/C13H12BrClN2O2S/c1-2-19-11(18)6-8-7-20-13(16-8)17-10-5-3-4-9(15)12(10)14/h3-5,7H,2,6H2,1H3,(H,16,17). The molecule has 0 spiro atoms. The van der Waals surface area contributed by atoms with Gasteiger partial charge in [0.1, 0.15) is 0 Å². The van der Waals surface area contributed by atoms with Gasteiger partial charge in [0.15, 0.2) is 5.13 Å². The number of carbonyl (C=O) groups excluding carboxylic acids is 1. The highest BCUT2D eigenvalue weighted by molar-refractivity contribution is 9.10. The molecule has 1 N–H and O–H groups in total. The number of hydrogen-bond donors (Lipinski definition) is 1. The molecule has 0 bridgehead atoms. The summed E-state index contributed by atoms with van der Waals surface area (Å²) in [5, 5.41) is 6.32. The quantitative estimate of drug-likeness (QED) is 0.787. The van der Waals surface area contributed by atoms with Crippen LogP contribution in [0.3, 0.4) is 0 Å². The monoisotopic (exact) mass is 374 g/mol. The summed E-state index contributed by atoms with van der Waals surface area (Å²) < 4.78 is 5.67. The largest absolute Gasteiger partial charge is 0.466 e. The van der Waals surface area contributed by atoms with Crippen LogP contribution in [-0.4, -0.2) is 17.6 Å². The number of aromatic nitrogens is 1. The molecule has 0 unspecified atom stereocenters. The number of benzene rings is 1. The third kappa shape index (κ3) is 3.94. The van der Waals surface area contributed by atoms with E-state index in [0.29, 0.717) is 22.5 Å². The summed E-state index contributed by atoms with van der Waals surface area (Å²) in [7, 11) is 0. The van der Waals surface area contributed by atoms with Crippen molar-refractivity contribution >= 4 is 55.7 Å². The van der Waals surface area contributed by atoms with E-state index < -0.39 is 0 Å². The molecule has 1 heterocycles. The maximum Gasteiger partial charge on any atom is 0.311 e. The van der Waals surface area contributed by atoms with Crippen molar-refractivity contribution < 1.29 is 9.53 Å². The third-order valence-electron chi connectivity index (χ3n) is 2.38. The Labute approximate surface area is 134 Å². The van der Waals surface area contributed by atoms with Crippen molar-refractivity contribution in [1.29, 1.82) is 0 Å². The van der Waals surface area contributed by atoms with E-state index in [1.165, 1.54) is 11.3 Å². The molecule has 7 heteroatoms. The van der Waals surface area contributed by atoms with Crippen LogP contribution in [0.4, 0.5) is 10.8 Å². The molecule has 0 fully saturated rings. The second-order valence-corrected chi connectivity index (χ2v) is 5.91. The Morgan fingerprint density at radius 2 is 2.35 bits per heavy atom. The number of halogens is 2. The molecule has 2 aromatic rings. The lowest BCUT2D eigenvalue weighted by atomic mass is 10.3. The zero-order chi connectivity index (χ0) is 14.5. The second kappa shape index (κ2) is 7.06. The topological polar surface area (TPSA) is 51.2 Å². The highest BCUT2D eigenvalue weighted by Crippen LogP contribution is 2.32. The van der Waals surface area contributed by atoms with Crippen molar-refractivity contribution in [3.05, 3.63) is 38.8 Å². The number of nitrogens with zero attached hydrogens (tertiary/aromatic N) is 1. The van der Waals surface area contributed by atoms with Crippen LogP contribution in [0.1, 0.15) is 12.6 Å².